The summed E-state index contributed by atoms with van der Waals surface area (Å²) in [5.74, 6) is 1.09. The first-order valence-corrected chi connectivity index (χ1v) is 8.89. The minimum atomic E-state index is 0.0290. The van der Waals surface area contributed by atoms with E-state index >= 15 is 0 Å². The molecule has 1 amide bonds. The second kappa shape index (κ2) is 8.16. The van der Waals surface area contributed by atoms with Gasteiger partial charge >= 0.3 is 0 Å². The number of carbonyl (C=O) groups excluding carboxylic acids is 1. The first kappa shape index (κ1) is 17.5. The maximum absolute atomic E-state index is 10.9. The van der Waals surface area contributed by atoms with E-state index in [4.69, 9.17) is 0 Å². The van der Waals surface area contributed by atoms with Crippen molar-refractivity contribution in [3.8, 4) is 0 Å². The molecule has 2 aromatic rings. The maximum atomic E-state index is 10.9. The van der Waals surface area contributed by atoms with Crippen LogP contribution in [0.1, 0.15) is 18.1 Å². The number of nitrogens with zero attached hydrogens (tertiary/aromatic N) is 4. The van der Waals surface area contributed by atoms with E-state index in [1.165, 1.54) is 11.1 Å². The summed E-state index contributed by atoms with van der Waals surface area (Å²) in [7, 11) is 2.04. The van der Waals surface area contributed by atoms with E-state index in [0.29, 0.717) is 6.54 Å². The van der Waals surface area contributed by atoms with Gasteiger partial charge in [-0.3, -0.25) is 9.69 Å². The summed E-state index contributed by atoms with van der Waals surface area (Å²) in [6, 6.07) is 8.74. The molecule has 0 aliphatic carbocycles. The number of piperazine rings is 1. The molecule has 1 aromatic heterocycles. The minimum absolute atomic E-state index is 0.0290. The van der Waals surface area contributed by atoms with Crippen molar-refractivity contribution in [1.29, 1.82) is 0 Å². The molecule has 1 aliphatic rings. The Morgan fingerprint density at radius 2 is 1.80 bits per heavy atom. The van der Waals surface area contributed by atoms with E-state index in [-0.39, 0.29) is 5.91 Å². The molecule has 1 saturated heterocycles. The number of imidazole rings is 1. The van der Waals surface area contributed by atoms with Crippen molar-refractivity contribution in [2.24, 2.45) is 7.05 Å². The summed E-state index contributed by atoms with van der Waals surface area (Å²) in [5.41, 5.74) is 2.60. The second-order valence-electron chi connectivity index (χ2n) is 6.65. The molecule has 1 aromatic carbocycles. The number of hydrogen-bond acceptors (Lipinski definition) is 4. The maximum Gasteiger partial charge on any atom is 0.216 e. The third-order valence-electron chi connectivity index (χ3n) is 4.67. The van der Waals surface area contributed by atoms with Gasteiger partial charge in [0, 0.05) is 65.6 Å². The first-order valence-electron chi connectivity index (χ1n) is 8.89. The number of rotatable bonds is 6. The van der Waals surface area contributed by atoms with Gasteiger partial charge in [0.2, 0.25) is 11.9 Å². The van der Waals surface area contributed by atoms with Gasteiger partial charge in [-0.15, -0.1) is 0 Å². The number of amides is 1. The van der Waals surface area contributed by atoms with Crippen LogP contribution in [-0.4, -0.2) is 53.1 Å². The summed E-state index contributed by atoms with van der Waals surface area (Å²) in [5, 5.41) is 2.84. The number of hydrogen-bond donors (Lipinski definition) is 1. The monoisotopic (exact) mass is 341 g/mol. The highest BCUT2D eigenvalue weighted by Gasteiger charge is 2.19. The molecule has 0 radical (unpaired) electrons. The van der Waals surface area contributed by atoms with Crippen molar-refractivity contribution < 1.29 is 4.79 Å². The standard InChI is InChI=1S/C19H27N5O/c1-16(25)20-8-7-17-3-5-18(6-4-17)15-23-11-13-24(14-12-23)19-21-9-10-22(19)2/h3-6,9-10H,7-8,11-15H2,1-2H3,(H,20,25). The number of anilines is 1. The lowest BCUT2D eigenvalue weighted by Crippen LogP contribution is -2.46. The average Bonchev–Trinajstić information content (AvgIpc) is 3.03. The average molecular weight is 341 g/mol. The van der Waals surface area contributed by atoms with Crippen molar-refractivity contribution in [3.63, 3.8) is 0 Å². The van der Waals surface area contributed by atoms with Crippen molar-refractivity contribution in [2.45, 2.75) is 19.9 Å². The van der Waals surface area contributed by atoms with Gasteiger partial charge in [0.15, 0.2) is 0 Å². The lowest BCUT2D eigenvalue weighted by atomic mass is 10.1. The Morgan fingerprint density at radius 3 is 2.40 bits per heavy atom. The second-order valence-corrected chi connectivity index (χ2v) is 6.65. The van der Waals surface area contributed by atoms with E-state index < -0.39 is 0 Å². The zero-order valence-corrected chi connectivity index (χ0v) is 15.1. The predicted molar refractivity (Wildman–Crippen MR) is 99.5 cm³/mol. The van der Waals surface area contributed by atoms with Crippen LogP contribution in [-0.2, 0) is 24.8 Å². The van der Waals surface area contributed by atoms with Crippen LogP contribution in [0.15, 0.2) is 36.7 Å². The van der Waals surface area contributed by atoms with Crippen LogP contribution in [0.5, 0.6) is 0 Å². The van der Waals surface area contributed by atoms with Gasteiger partial charge in [0.25, 0.3) is 0 Å². The Kier molecular flexibility index (Phi) is 5.71. The Bertz CT molecular complexity index is 686. The Labute approximate surface area is 149 Å². The third kappa shape index (κ3) is 4.82. The molecule has 0 saturated carbocycles. The summed E-state index contributed by atoms with van der Waals surface area (Å²) < 4.78 is 2.08. The highest BCUT2D eigenvalue weighted by Crippen LogP contribution is 2.15. The van der Waals surface area contributed by atoms with Crippen molar-refractivity contribution >= 4 is 11.9 Å². The normalized spacial score (nSPS) is 15.4. The third-order valence-corrected chi connectivity index (χ3v) is 4.67. The SMILES string of the molecule is CC(=O)NCCc1ccc(CN2CCN(c3nccn3C)CC2)cc1. The van der Waals surface area contributed by atoms with Gasteiger partial charge in [-0.25, -0.2) is 4.98 Å². The molecule has 2 heterocycles. The van der Waals surface area contributed by atoms with Crippen LogP contribution in [0.3, 0.4) is 0 Å². The van der Waals surface area contributed by atoms with Crippen LogP contribution in [0, 0.1) is 0 Å². The molecule has 134 valence electrons. The quantitative estimate of drug-likeness (QED) is 0.863. The van der Waals surface area contributed by atoms with E-state index in [9.17, 15) is 4.79 Å². The fraction of sp³-hybridized carbons (Fsp3) is 0.474. The van der Waals surface area contributed by atoms with Crippen LogP contribution in [0.4, 0.5) is 5.95 Å². The van der Waals surface area contributed by atoms with E-state index in [1.54, 1.807) is 6.92 Å². The first-order chi connectivity index (χ1) is 12.1. The summed E-state index contributed by atoms with van der Waals surface area (Å²) >= 11 is 0. The molecule has 1 N–H and O–H groups in total. The molecular weight excluding hydrogens is 314 g/mol. The van der Waals surface area contributed by atoms with Crippen LogP contribution in [0.25, 0.3) is 0 Å². The number of aryl methyl sites for hydroxylation is 1. The molecule has 0 unspecified atom stereocenters. The Hall–Kier alpha value is -2.34. The highest BCUT2D eigenvalue weighted by molar-refractivity contribution is 5.72. The molecule has 0 bridgehead atoms. The number of aromatic nitrogens is 2. The van der Waals surface area contributed by atoms with Gasteiger partial charge in [-0.05, 0) is 17.5 Å². The smallest absolute Gasteiger partial charge is 0.216 e. The highest BCUT2D eigenvalue weighted by atomic mass is 16.1. The van der Waals surface area contributed by atoms with Crippen LogP contribution in [0.2, 0.25) is 0 Å². The van der Waals surface area contributed by atoms with Crippen LogP contribution < -0.4 is 10.2 Å². The van der Waals surface area contributed by atoms with E-state index in [2.05, 4.69) is 48.9 Å². The Balaban J connectivity index is 1.45. The minimum Gasteiger partial charge on any atom is -0.356 e. The zero-order chi connectivity index (χ0) is 17.6. The molecule has 0 atom stereocenters. The lowest BCUT2D eigenvalue weighted by Gasteiger charge is -2.35. The van der Waals surface area contributed by atoms with E-state index in [1.807, 2.05) is 19.4 Å². The van der Waals surface area contributed by atoms with Gasteiger partial charge < -0.3 is 14.8 Å². The van der Waals surface area contributed by atoms with Gasteiger partial charge in [-0.2, -0.15) is 0 Å². The number of nitrogens with one attached hydrogen (secondary N) is 1. The molecule has 6 nitrogen and oxygen atoms in total. The molecular formula is C19H27N5O. The van der Waals surface area contributed by atoms with Gasteiger partial charge in [0.05, 0.1) is 0 Å². The largest absolute Gasteiger partial charge is 0.356 e. The predicted octanol–water partition coefficient (Wildman–Crippen LogP) is 1.42. The fourth-order valence-corrected chi connectivity index (χ4v) is 3.22. The van der Waals surface area contributed by atoms with Crippen LogP contribution >= 0.6 is 0 Å². The zero-order valence-electron chi connectivity index (χ0n) is 15.1. The van der Waals surface area contributed by atoms with E-state index in [0.717, 1.165) is 45.1 Å². The number of benzene rings is 1. The van der Waals surface area contributed by atoms with Crippen molar-refractivity contribution in [2.75, 3.05) is 37.6 Å². The molecule has 3 rings (SSSR count). The molecule has 1 fully saturated rings. The molecule has 25 heavy (non-hydrogen) atoms. The van der Waals surface area contributed by atoms with Crippen molar-refractivity contribution in [1.82, 2.24) is 19.8 Å². The summed E-state index contributed by atoms with van der Waals surface area (Å²) in [4.78, 5) is 20.2. The number of carbonyl (C=O) groups is 1. The Morgan fingerprint density at radius 1 is 1.12 bits per heavy atom. The molecule has 0 spiro atoms. The fourth-order valence-electron chi connectivity index (χ4n) is 3.22. The topological polar surface area (TPSA) is 53.4 Å². The summed E-state index contributed by atoms with van der Waals surface area (Å²) in [6.07, 6.45) is 4.73. The van der Waals surface area contributed by atoms with Gasteiger partial charge in [-0.1, -0.05) is 24.3 Å². The molecule has 6 heteroatoms. The van der Waals surface area contributed by atoms with Gasteiger partial charge in [0.1, 0.15) is 0 Å². The lowest BCUT2D eigenvalue weighted by molar-refractivity contribution is -0.118. The summed E-state index contributed by atoms with van der Waals surface area (Å²) in [6.45, 7) is 7.37. The van der Waals surface area contributed by atoms with Crippen molar-refractivity contribution in [3.05, 3.63) is 47.8 Å². The molecule has 1 aliphatic heterocycles.